The van der Waals surface area contributed by atoms with Crippen LogP contribution in [0.4, 0.5) is 11.4 Å². The number of ether oxygens (including phenoxy) is 2. The molecule has 2 aromatic carbocycles. The van der Waals surface area contributed by atoms with Crippen LogP contribution in [0.5, 0.6) is 17.2 Å². The number of phenolic OH excluding ortho intramolecular Hbond substituents is 1. The number of carbonyl (C=O) groups excluding carboxylic acids is 3. The summed E-state index contributed by atoms with van der Waals surface area (Å²) in [6.07, 6.45) is 0.160. The van der Waals surface area contributed by atoms with E-state index >= 15 is 0 Å². The Labute approximate surface area is 167 Å². The van der Waals surface area contributed by atoms with Crippen LogP contribution in [-0.2, 0) is 9.59 Å². The highest BCUT2D eigenvalue weighted by Crippen LogP contribution is 2.40. The van der Waals surface area contributed by atoms with Crippen LogP contribution in [0, 0.1) is 0 Å². The predicted octanol–water partition coefficient (Wildman–Crippen LogP) is 3.11. The molecule has 0 atom stereocenters. The van der Waals surface area contributed by atoms with Crippen LogP contribution in [0.2, 0.25) is 0 Å². The van der Waals surface area contributed by atoms with Crippen molar-refractivity contribution in [3.05, 3.63) is 42.0 Å². The highest BCUT2D eigenvalue weighted by Gasteiger charge is 2.35. The number of hydrogen-bond acceptors (Lipinski definition) is 6. The molecule has 0 unspecified atom stereocenters. The third-order valence-corrected chi connectivity index (χ3v) is 4.14. The smallest absolute Gasteiger partial charge is 0.262 e. The molecular formula is C21H22N2O6. The number of hydrogen-bond donors (Lipinski definition) is 3. The standard InChI is InChI=1S/C21H22N2O6/c1-12(24)22-13-5-4-6-14(7-13)23-19(27)11-28-15-8-16(25)20-17(26)10-21(2,3)29-18(20)9-15/h4-9,25H,10-11H2,1-3H3,(H,22,24)(H,23,27). The zero-order valence-corrected chi connectivity index (χ0v) is 16.4. The van der Waals surface area contributed by atoms with Crippen molar-refractivity contribution in [1.82, 2.24) is 0 Å². The largest absolute Gasteiger partial charge is 0.507 e. The van der Waals surface area contributed by atoms with Crippen molar-refractivity contribution < 1.29 is 29.0 Å². The number of anilines is 2. The van der Waals surface area contributed by atoms with Crippen molar-refractivity contribution in [2.24, 2.45) is 0 Å². The molecule has 0 fully saturated rings. The summed E-state index contributed by atoms with van der Waals surface area (Å²) in [6.45, 7) is 4.63. The number of rotatable bonds is 5. The molecule has 8 nitrogen and oxygen atoms in total. The lowest BCUT2D eigenvalue weighted by Gasteiger charge is -2.32. The average molecular weight is 398 g/mol. The minimum atomic E-state index is -0.689. The molecule has 0 bridgehead atoms. The highest BCUT2D eigenvalue weighted by molar-refractivity contribution is 6.03. The average Bonchev–Trinajstić information content (AvgIpc) is 2.57. The van der Waals surface area contributed by atoms with E-state index in [1.807, 2.05) is 0 Å². The third kappa shape index (κ3) is 5.04. The lowest BCUT2D eigenvalue weighted by Crippen LogP contribution is -2.35. The topological polar surface area (TPSA) is 114 Å². The van der Waals surface area contributed by atoms with Crippen LogP contribution in [0.15, 0.2) is 36.4 Å². The van der Waals surface area contributed by atoms with Crippen LogP contribution in [0.25, 0.3) is 0 Å². The Balaban J connectivity index is 1.66. The number of Topliss-reactive ketones (excluding diaryl/α,β-unsaturated/α-hetero) is 1. The zero-order chi connectivity index (χ0) is 21.2. The SMILES string of the molecule is CC(=O)Nc1cccc(NC(=O)COc2cc(O)c3c(c2)OC(C)(C)CC3=O)c1. The maximum atomic E-state index is 12.2. The number of amides is 2. The molecule has 2 amide bonds. The number of fused-ring (bicyclic) bond motifs is 1. The molecule has 0 spiro atoms. The predicted molar refractivity (Wildman–Crippen MR) is 107 cm³/mol. The van der Waals surface area contributed by atoms with Crippen LogP contribution in [0.1, 0.15) is 37.6 Å². The van der Waals surface area contributed by atoms with E-state index in [4.69, 9.17) is 9.47 Å². The summed E-state index contributed by atoms with van der Waals surface area (Å²) < 4.78 is 11.2. The van der Waals surface area contributed by atoms with Gasteiger partial charge in [0.05, 0.1) is 6.42 Å². The van der Waals surface area contributed by atoms with Crippen LogP contribution in [0.3, 0.4) is 0 Å². The summed E-state index contributed by atoms with van der Waals surface area (Å²) in [4.78, 5) is 35.5. The van der Waals surface area contributed by atoms with E-state index in [0.29, 0.717) is 11.4 Å². The Morgan fingerprint density at radius 3 is 2.55 bits per heavy atom. The van der Waals surface area contributed by atoms with E-state index in [0.717, 1.165) is 0 Å². The van der Waals surface area contributed by atoms with Crippen molar-refractivity contribution in [2.45, 2.75) is 32.8 Å². The van der Waals surface area contributed by atoms with Gasteiger partial charge in [-0.1, -0.05) is 6.07 Å². The molecule has 2 aromatic rings. The fourth-order valence-corrected chi connectivity index (χ4v) is 3.05. The van der Waals surface area contributed by atoms with Gasteiger partial charge in [0.25, 0.3) is 5.91 Å². The van der Waals surface area contributed by atoms with Gasteiger partial charge >= 0.3 is 0 Å². The molecule has 1 heterocycles. The maximum absolute atomic E-state index is 12.2. The second-order valence-electron chi connectivity index (χ2n) is 7.38. The van der Waals surface area contributed by atoms with E-state index in [1.165, 1.54) is 19.1 Å². The van der Waals surface area contributed by atoms with Gasteiger partial charge in [-0.2, -0.15) is 0 Å². The molecule has 0 saturated carbocycles. The van der Waals surface area contributed by atoms with Crippen molar-refractivity contribution in [3.8, 4) is 17.2 Å². The highest BCUT2D eigenvalue weighted by atomic mass is 16.5. The third-order valence-electron chi connectivity index (χ3n) is 4.14. The summed E-state index contributed by atoms with van der Waals surface area (Å²) in [5.41, 5.74) is 0.482. The van der Waals surface area contributed by atoms with Gasteiger partial charge in [-0.15, -0.1) is 0 Å². The van der Waals surface area contributed by atoms with E-state index in [-0.39, 0.29) is 47.5 Å². The van der Waals surface area contributed by atoms with Crippen LogP contribution >= 0.6 is 0 Å². The number of nitrogens with one attached hydrogen (secondary N) is 2. The Bertz CT molecular complexity index is 983. The molecule has 29 heavy (non-hydrogen) atoms. The molecule has 1 aliphatic heterocycles. The van der Waals surface area contributed by atoms with Crippen molar-refractivity contribution in [1.29, 1.82) is 0 Å². The second-order valence-corrected chi connectivity index (χ2v) is 7.38. The van der Waals surface area contributed by atoms with Crippen LogP contribution in [-0.4, -0.2) is 34.9 Å². The molecule has 1 aliphatic rings. The van der Waals surface area contributed by atoms with Crippen molar-refractivity contribution in [3.63, 3.8) is 0 Å². The molecular weight excluding hydrogens is 376 g/mol. The van der Waals surface area contributed by atoms with E-state index in [2.05, 4.69) is 10.6 Å². The van der Waals surface area contributed by atoms with Gasteiger partial charge in [0.2, 0.25) is 5.91 Å². The number of aromatic hydroxyl groups is 1. The molecule has 0 aromatic heterocycles. The van der Waals surface area contributed by atoms with Gasteiger partial charge in [-0.25, -0.2) is 0 Å². The summed E-state index contributed by atoms with van der Waals surface area (Å²) in [5.74, 6) is -0.676. The van der Waals surface area contributed by atoms with Crippen LogP contribution < -0.4 is 20.1 Å². The first kappa shape index (κ1) is 20.2. The first-order valence-corrected chi connectivity index (χ1v) is 9.02. The van der Waals surface area contributed by atoms with Gasteiger partial charge in [-0.05, 0) is 32.0 Å². The molecule has 0 radical (unpaired) electrons. The Kier molecular flexibility index (Phi) is 5.45. The Morgan fingerprint density at radius 2 is 1.86 bits per heavy atom. The van der Waals surface area contributed by atoms with Gasteiger partial charge in [0, 0.05) is 30.4 Å². The molecule has 152 valence electrons. The normalized spacial score (nSPS) is 14.4. The number of carbonyl (C=O) groups is 3. The molecule has 8 heteroatoms. The van der Waals surface area contributed by atoms with Gasteiger partial charge in [0.15, 0.2) is 12.4 Å². The van der Waals surface area contributed by atoms with E-state index in [1.54, 1.807) is 38.1 Å². The monoisotopic (exact) mass is 398 g/mol. The molecule has 0 saturated heterocycles. The van der Waals surface area contributed by atoms with E-state index < -0.39 is 11.5 Å². The summed E-state index contributed by atoms with van der Waals surface area (Å²) in [7, 11) is 0. The minimum Gasteiger partial charge on any atom is -0.507 e. The van der Waals surface area contributed by atoms with Gasteiger partial charge in [-0.3, -0.25) is 14.4 Å². The summed E-state index contributed by atoms with van der Waals surface area (Å²) >= 11 is 0. The van der Waals surface area contributed by atoms with E-state index in [9.17, 15) is 19.5 Å². The number of ketones is 1. The minimum absolute atomic E-state index is 0.121. The Morgan fingerprint density at radius 1 is 1.17 bits per heavy atom. The first-order chi connectivity index (χ1) is 13.6. The number of benzene rings is 2. The lowest BCUT2D eigenvalue weighted by atomic mass is 9.92. The summed E-state index contributed by atoms with van der Waals surface area (Å²) in [6, 6.07) is 9.45. The van der Waals surface area contributed by atoms with Gasteiger partial charge < -0.3 is 25.2 Å². The quantitative estimate of drug-likeness (QED) is 0.713. The molecule has 0 aliphatic carbocycles. The van der Waals surface area contributed by atoms with Crippen molar-refractivity contribution >= 4 is 29.0 Å². The molecule has 3 rings (SSSR count). The fraction of sp³-hybridized carbons (Fsp3) is 0.286. The molecule has 3 N–H and O–H groups in total. The number of phenols is 1. The maximum Gasteiger partial charge on any atom is 0.262 e. The fourth-order valence-electron chi connectivity index (χ4n) is 3.05. The first-order valence-electron chi connectivity index (χ1n) is 9.02. The summed E-state index contributed by atoms with van der Waals surface area (Å²) in [5, 5.41) is 15.5. The van der Waals surface area contributed by atoms with Crippen molar-refractivity contribution in [2.75, 3.05) is 17.2 Å². The zero-order valence-electron chi connectivity index (χ0n) is 16.4. The lowest BCUT2D eigenvalue weighted by molar-refractivity contribution is -0.118. The Hall–Kier alpha value is -3.55. The second kappa shape index (κ2) is 7.83. The van der Waals surface area contributed by atoms with Gasteiger partial charge in [0.1, 0.15) is 28.4 Å².